The van der Waals surface area contributed by atoms with E-state index in [1.165, 1.54) is 17.3 Å². The third-order valence-electron chi connectivity index (χ3n) is 4.28. The highest BCUT2D eigenvalue weighted by atomic mass is 32.2. The molecule has 0 bridgehead atoms. The Morgan fingerprint density at radius 3 is 2.96 bits per heavy atom. The standard InChI is InChI=1S/C19H18N4O2S/c1-2-10-23-18(16-8-5-12-25-16)20-21-19(23)26-13-17(24)22-11-9-14-6-3-4-7-15(14)22/h2-8,12H,1,9-11,13H2. The van der Waals surface area contributed by atoms with Crippen molar-refractivity contribution < 1.29 is 9.21 Å². The maximum absolute atomic E-state index is 12.7. The van der Waals surface area contributed by atoms with Crippen LogP contribution in [-0.4, -0.2) is 33.0 Å². The molecule has 132 valence electrons. The molecule has 1 aliphatic rings. The van der Waals surface area contributed by atoms with Gasteiger partial charge >= 0.3 is 0 Å². The second-order valence-electron chi connectivity index (χ2n) is 5.90. The van der Waals surface area contributed by atoms with Gasteiger partial charge in [-0.25, -0.2) is 0 Å². The van der Waals surface area contributed by atoms with E-state index in [-0.39, 0.29) is 5.91 Å². The van der Waals surface area contributed by atoms with Crippen molar-refractivity contribution >= 4 is 23.4 Å². The Balaban J connectivity index is 1.50. The maximum atomic E-state index is 12.7. The highest BCUT2D eigenvalue weighted by Crippen LogP contribution is 2.29. The predicted molar refractivity (Wildman–Crippen MR) is 101 cm³/mol. The summed E-state index contributed by atoms with van der Waals surface area (Å²) in [5, 5.41) is 9.12. The Hall–Kier alpha value is -2.80. The number of anilines is 1. The van der Waals surface area contributed by atoms with Gasteiger partial charge in [-0.15, -0.1) is 16.8 Å². The number of carbonyl (C=O) groups excluding carboxylic acids is 1. The van der Waals surface area contributed by atoms with Gasteiger partial charge in [0.25, 0.3) is 0 Å². The molecule has 1 amide bonds. The quantitative estimate of drug-likeness (QED) is 0.494. The van der Waals surface area contributed by atoms with Crippen LogP contribution in [0.3, 0.4) is 0 Å². The smallest absolute Gasteiger partial charge is 0.237 e. The molecule has 3 aromatic rings. The SMILES string of the molecule is C=CCn1c(SCC(=O)N2CCc3ccccc32)nnc1-c1ccco1. The van der Waals surface area contributed by atoms with Crippen LogP contribution in [0.4, 0.5) is 5.69 Å². The largest absolute Gasteiger partial charge is 0.461 e. The molecule has 2 aromatic heterocycles. The number of fused-ring (bicyclic) bond motifs is 1. The number of amides is 1. The van der Waals surface area contributed by atoms with Gasteiger partial charge in [0.2, 0.25) is 11.7 Å². The van der Waals surface area contributed by atoms with E-state index in [0.29, 0.717) is 29.0 Å². The molecule has 4 rings (SSSR count). The van der Waals surface area contributed by atoms with E-state index in [2.05, 4.69) is 22.8 Å². The molecule has 0 saturated carbocycles. The van der Waals surface area contributed by atoms with Gasteiger partial charge in [0, 0.05) is 18.8 Å². The minimum atomic E-state index is 0.0765. The van der Waals surface area contributed by atoms with Crippen LogP contribution in [0.1, 0.15) is 5.56 Å². The predicted octanol–water partition coefficient (Wildman–Crippen LogP) is 3.41. The number of hydrogen-bond donors (Lipinski definition) is 0. The zero-order valence-electron chi connectivity index (χ0n) is 14.2. The summed E-state index contributed by atoms with van der Waals surface area (Å²) >= 11 is 1.38. The lowest BCUT2D eigenvalue weighted by molar-refractivity contribution is -0.116. The summed E-state index contributed by atoms with van der Waals surface area (Å²) in [5.74, 6) is 1.66. The van der Waals surface area contributed by atoms with E-state index < -0.39 is 0 Å². The van der Waals surface area contributed by atoms with Crippen LogP contribution in [0.2, 0.25) is 0 Å². The first-order valence-corrected chi connectivity index (χ1v) is 9.35. The highest BCUT2D eigenvalue weighted by Gasteiger charge is 2.25. The average molecular weight is 366 g/mol. The summed E-state index contributed by atoms with van der Waals surface area (Å²) in [4.78, 5) is 14.5. The molecule has 7 heteroatoms. The molecule has 0 spiro atoms. The Bertz CT molecular complexity index is 933. The molecule has 1 aromatic carbocycles. The van der Waals surface area contributed by atoms with Gasteiger partial charge in [-0.2, -0.15) is 0 Å². The van der Waals surface area contributed by atoms with Crippen LogP contribution in [0.25, 0.3) is 11.6 Å². The summed E-state index contributed by atoms with van der Waals surface area (Å²) in [5.41, 5.74) is 2.24. The van der Waals surface area contributed by atoms with Crippen LogP contribution >= 0.6 is 11.8 Å². The molecule has 0 fully saturated rings. The van der Waals surface area contributed by atoms with Crippen LogP contribution in [0, 0.1) is 0 Å². The van der Waals surface area contributed by atoms with Crippen LogP contribution in [-0.2, 0) is 17.8 Å². The molecule has 6 nitrogen and oxygen atoms in total. The number of furan rings is 1. The molecule has 0 unspecified atom stereocenters. The Morgan fingerprint density at radius 2 is 2.15 bits per heavy atom. The van der Waals surface area contributed by atoms with Gasteiger partial charge < -0.3 is 9.32 Å². The van der Waals surface area contributed by atoms with E-state index in [1.54, 1.807) is 12.3 Å². The number of nitrogens with zero attached hydrogens (tertiary/aromatic N) is 4. The van der Waals surface area contributed by atoms with Crippen molar-refractivity contribution in [2.75, 3.05) is 17.2 Å². The summed E-state index contributed by atoms with van der Waals surface area (Å²) in [6.07, 6.45) is 4.28. The van der Waals surface area contributed by atoms with Gasteiger partial charge in [-0.05, 0) is 30.2 Å². The van der Waals surface area contributed by atoms with E-state index in [1.807, 2.05) is 39.8 Å². The lowest BCUT2D eigenvalue weighted by Crippen LogP contribution is -2.30. The Morgan fingerprint density at radius 1 is 1.27 bits per heavy atom. The molecule has 26 heavy (non-hydrogen) atoms. The van der Waals surface area contributed by atoms with E-state index in [0.717, 1.165) is 18.7 Å². The number of benzene rings is 1. The summed E-state index contributed by atoms with van der Waals surface area (Å²) in [7, 11) is 0. The Kier molecular flexibility index (Phi) is 4.62. The van der Waals surface area contributed by atoms with Crippen LogP contribution < -0.4 is 4.90 Å². The first kappa shape index (κ1) is 16.7. The zero-order valence-corrected chi connectivity index (χ0v) is 15.0. The molecule has 0 saturated heterocycles. The second-order valence-corrected chi connectivity index (χ2v) is 6.84. The van der Waals surface area contributed by atoms with Crippen molar-refractivity contribution in [2.45, 2.75) is 18.1 Å². The number of hydrogen-bond acceptors (Lipinski definition) is 5. The van der Waals surface area contributed by atoms with E-state index >= 15 is 0 Å². The fourth-order valence-electron chi connectivity index (χ4n) is 3.08. The number of carbonyl (C=O) groups is 1. The number of aromatic nitrogens is 3. The minimum Gasteiger partial charge on any atom is -0.461 e. The van der Waals surface area contributed by atoms with E-state index in [4.69, 9.17) is 4.42 Å². The third-order valence-corrected chi connectivity index (χ3v) is 5.23. The first-order valence-electron chi connectivity index (χ1n) is 8.37. The number of thioether (sulfide) groups is 1. The van der Waals surface area contributed by atoms with Crippen molar-refractivity contribution in [1.29, 1.82) is 0 Å². The molecule has 0 radical (unpaired) electrons. The van der Waals surface area contributed by atoms with Gasteiger partial charge in [-0.1, -0.05) is 36.0 Å². The molecule has 3 heterocycles. The summed E-state index contributed by atoms with van der Waals surface area (Å²) < 4.78 is 7.33. The van der Waals surface area contributed by atoms with Gasteiger partial charge in [0.15, 0.2) is 10.9 Å². The zero-order chi connectivity index (χ0) is 17.9. The monoisotopic (exact) mass is 366 g/mol. The normalized spacial score (nSPS) is 13.0. The first-order chi connectivity index (χ1) is 12.8. The van der Waals surface area contributed by atoms with Gasteiger partial charge in [0.1, 0.15) is 0 Å². The molecular weight excluding hydrogens is 348 g/mol. The fraction of sp³-hybridized carbons (Fsp3) is 0.211. The van der Waals surface area contributed by atoms with Crippen molar-refractivity contribution in [3.63, 3.8) is 0 Å². The fourth-order valence-corrected chi connectivity index (χ4v) is 3.90. The molecular formula is C19H18N4O2S. The highest BCUT2D eigenvalue weighted by molar-refractivity contribution is 7.99. The number of para-hydroxylation sites is 1. The maximum Gasteiger partial charge on any atom is 0.237 e. The molecule has 0 aliphatic carbocycles. The summed E-state index contributed by atoms with van der Waals surface area (Å²) in [6, 6.07) is 11.7. The van der Waals surface area contributed by atoms with Crippen molar-refractivity contribution in [3.05, 3.63) is 60.9 Å². The van der Waals surface area contributed by atoms with E-state index in [9.17, 15) is 4.79 Å². The number of allylic oxidation sites excluding steroid dienone is 1. The van der Waals surface area contributed by atoms with Gasteiger partial charge in [0.05, 0.1) is 12.0 Å². The molecule has 0 atom stereocenters. The second kappa shape index (κ2) is 7.21. The molecule has 1 aliphatic heterocycles. The topological polar surface area (TPSA) is 64.2 Å². The Labute approximate surface area is 155 Å². The molecule has 0 N–H and O–H groups in total. The third kappa shape index (κ3) is 3.06. The van der Waals surface area contributed by atoms with Crippen molar-refractivity contribution in [2.24, 2.45) is 0 Å². The number of rotatable bonds is 6. The van der Waals surface area contributed by atoms with Crippen molar-refractivity contribution in [3.8, 4) is 11.6 Å². The summed E-state index contributed by atoms with van der Waals surface area (Å²) in [6.45, 7) is 5.07. The average Bonchev–Trinajstić information content (AvgIpc) is 3.39. The van der Waals surface area contributed by atoms with Crippen LogP contribution in [0.15, 0.2) is 64.9 Å². The van der Waals surface area contributed by atoms with Crippen LogP contribution in [0.5, 0.6) is 0 Å². The lowest BCUT2D eigenvalue weighted by atomic mass is 10.2. The van der Waals surface area contributed by atoms with Gasteiger partial charge in [-0.3, -0.25) is 9.36 Å². The van der Waals surface area contributed by atoms with Crippen molar-refractivity contribution in [1.82, 2.24) is 14.8 Å². The minimum absolute atomic E-state index is 0.0765. The lowest BCUT2D eigenvalue weighted by Gasteiger charge is -2.17.